The molecule has 0 atom stereocenters. The SMILES string of the molecule is O=C(COc1c(Br)cc(Br)cc1Br)NN=Cc1ccc(-c2cccc(C(F)(F)F)c2)o1. The van der Waals surface area contributed by atoms with Gasteiger partial charge in [-0.25, -0.2) is 5.43 Å². The van der Waals surface area contributed by atoms with E-state index in [-0.39, 0.29) is 23.7 Å². The monoisotopic (exact) mass is 622 g/mol. The van der Waals surface area contributed by atoms with Crippen LogP contribution < -0.4 is 10.2 Å². The quantitative estimate of drug-likeness (QED) is 0.243. The van der Waals surface area contributed by atoms with E-state index < -0.39 is 17.6 Å². The maximum atomic E-state index is 12.9. The summed E-state index contributed by atoms with van der Waals surface area (Å²) in [6.07, 6.45) is -3.21. The van der Waals surface area contributed by atoms with Gasteiger partial charge in [0.25, 0.3) is 5.91 Å². The van der Waals surface area contributed by atoms with Crippen LogP contribution in [0.4, 0.5) is 13.2 Å². The van der Waals surface area contributed by atoms with Gasteiger partial charge in [0.15, 0.2) is 6.61 Å². The van der Waals surface area contributed by atoms with Gasteiger partial charge in [-0.3, -0.25) is 4.79 Å². The number of furan rings is 1. The molecule has 31 heavy (non-hydrogen) atoms. The van der Waals surface area contributed by atoms with Gasteiger partial charge in [0.1, 0.15) is 17.3 Å². The Labute approximate surface area is 200 Å². The molecule has 0 aliphatic heterocycles. The Hall–Kier alpha value is -2.11. The first-order valence-corrected chi connectivity index (χ1v) is 10.9. The highest BCUT2D eigenvalue weighted by molar-refractivity contribution is 9.11. The maximum Gasteiger partial charge on any atom is 0.416 e. The highest BCUT2D eigenvalue weighted by Crippen LogP contribution is 2.36. The van der Waals surface area contributed by atoms with Crippen molar-refractivity contribution in [1.29, 1.82) is 0 Å². The Morgan fingerprint density at radius 3 is 2.48 bits per heavy atom. The van der Waals surface area contributed by atoms with Gasteiger partial charge in [0.05, 0.1) is 20.7 Å². The standard InChI is InChI=1S/C20H12Br3F3N2O3/c21-13-7-15(22)19(16(23)8-13)30-10-18(29)28-27-9-14-4-5-17(31-14)11-2-1-3-12(6-11)20(24,25)26/h1-9H,10H2,(H,28,29). The molecule has 0 unspecified atom stereocenters. The normalized spacial score (nSPS) is 11.7. The second-order valence-electron chi connectivity index (χ2n) is 6.06. The van der Waals surface area contributed by atoms with Crippen LogP contribution in [0.5, 0.6) is 5.75 Å². The molecule has 0 aliphatic carbocycles. The van der Waals surface area contributed by atoms with Gasteiger partial charge in [-0.2, -0.15) is 18.3 Å². The molecule has 1 amide bonds. The van der Waals surface area contributed by atoms with Crippen molar-refractivity contribution in [2.45, 2.75) is 6.18 Å². The van der Waals surface area contributed by atoms with Crippen LogP contribution in [0.1, 0.15) is 11.3 Å². The van der Waals surface area contributed by atoms with Gasteiger partial charge in [0.2, 0.25) is 0 Å². The Morgan fingerprint density at radius 1 is 1.10 bits per heavy atom. The van der Waals surface area contributed by atoms with E-state index in [2.05, 4.69) is 58.3 Å². The number of alkyl halides is 3. The van der Waals surface area contributed by atoms with Gasteiger partial charge in [0, 0.05) is 10.0 Å². The molecule has 162 valence electrons. The van der Waals surface area contributed by atoms with E-state index in [1.54, 1.807) is 12.1 Å². The number of benzene rings is 2. The summed E-state index contributed by atoms with van der Waals surface area (Å²) in [7, 11) is 0. The molecule has 0 bridgehead atoms. The first-order valence-electron chi connectivity index (χ1n) is 8.50. The number of hydrogen-bond donors (Lipinski definition) is 1. The number of nitrogens with zero attached hydrogens (tertiary/aromatic N) is 1. The second kappa shape index (κ2) is 10.0. The molecule has 0 saturated heterocycles. The number of hydrazone groups is 1. The van der Waals surface area contributed by atoms with Crippen LogP contribution in [0, 0.1) is 0 Å². The minimum absolute atomic E-state index is 0.243. The average Bonchev–Trinajstić information content (AvgIpc) is 3.15. The Kier molecular flexibility index (Phi) is 7.60. The summed E-state index contributed by atoms with van der Waals surface area (Å²) in [6.45, 7) is -0.288. The van der Waals surface area contributed by atoms with Crippen LogP contribution >= 0.6 is 47.8 Å². The minimum Gasteiger partial charge on any atom is -0.481 e. The van der Waals surface area contributed by atoms with Gasteiger partial charge in [-0.1, -0.05) is 28.1 Å². The topological polar surface area (TPSA) is 63.8 Å². The number of amides is 1. The molecule has 11 heteroatoms. The van der Waals surface area contributed by atoms with E-state index in [0.29, 0.717) is 14.7 Å². The summed E-state index contributed by atoms with van der Waals surface area (Å²) in [6, 6.07) is 11.4. The summed E-state index contributed by atoms with van der Waals surface area (Å²) in [5, 5.41) is 3.77. The van der Waals surface area contributed by atoms with E-state index in [0.717, 1.165) is 16.6 Å². The van der Waals surface area contributed by atoms with Crippen LogP contribution in [0.15, 0.2) is 71.5 Å². The third-order valence-electron chi connectivity index (χ3n) is 3.79. The van der Waals surface area contributed by atoms with E-state index in [1.807, 2.05) is 0 Å². The van der Waals surface area contributed by atoms with Crippen molar-refractivity contribution in [2.75, 3.05) is 6.61 Å². The highest BCUT2D eigenvalue weighted by Gasteiger charge is 2.30. The molecule has 3 aromatic rings. The molecule has 5 nitrogen and oxygen atoms in total. The van der Waals surface area contributed by atoms with Crippen molar-refractivity contribution >= 4 is 59.9 Å². The third kappa shape index (κ3) is 6.44. The smallest absolute Gasteiger partial charge is 0.416 e. The van der Waals surface area contributed by atoms with E-state index in [9.17, 15) is 18.0 Å². The molecule has 0 fully saturated rings. The lowest BCUT2D eigenvalue weighted by Crippen LogP contribution is -2.24. The molecular weight excluding hydrogens is 613 g/mol. The lowest BCUT2D eigenvalue weighted by Gasteiger charge is -2.09. The minimum atomic E-state index is -4.44. The van der Waals surface area contributed by atoms with Gasteiger partial charge in [-0.15, -0.1) is 0 Å². The number of halogens is 6. The van der Waals surface area contributed by atoms with E-state index in [1.165, 1.54) is 30.5 Å². The third-order valence-corrected chi connectivity index (χ3v) is 5.43. The zero-order chi connectivity index (χ0) is 22.6. The number of hydrogen-bond acceptors (Lipinski definition) is 4. The highest BCUT2D eigenvalue weighted by atomic mass is 79.9. The maximum absolute atomic E-state index is 12.9. The molecule has 1 heterocycles. The van der Waals surface area contributed by atoms with Crippen molar-refractivity contribution in [3.05, 3.63) is 73.3 Å². The molecule has 3 rings (SSSR count). The van der Waals surface area contributed by atoms with Gasteiger partial charge in [-0.05, 0) is 68.3 Å². The average molecular weight is 625 g/mol. The zero-order valence-electron chi connectivity index (χ0n) is 15.3. The molecule has 1 aromatic heterocycles. The number of nitrogens with one attached hydrogen (secondary N) is 1. The van der Waals surface area contributed by atoms with Gasteiger partial charge >= 0.3 is 6.18 Å². The van der Waals surface area contributed by atoms with Crippen LogP contribution in [-0.2, 0) is 11.0 Å². The lowest BCUT2D eigenvalue weighted by atomic mass is 10.1. The fourth-order valence-corrected chi connectivity index (χ4v) is 4.92. The number of carbonyl (C=O) groups excluding carboxylic acids is 1. The summed E-state index contributed by atoms with van der Waals surface area (Å²) in [5.74, 6) is 0.445. The van der Waals surface area contributed by atoms with Crippen molar-refractivity contribution < 1.29 is 27.1 Å². The predicted molar refractivity (Wildman–Crippen MR) is 120 cm³/mol. The summed E-state index contributed by atoms with van der Waals surface area (Å²) >= 11 is 10.0. The molecule has 0 saturated carbocycles. The molecular formula is C20H12Br3F3N2O3. The Morgan fingerprint density at radius 2 is 1.81 bits per heavy atom. The number of ether oxygens (including phenoxy) is 1. The second-order valence-corrected chi connectivity index (χ2v) is 8.69. The molecule has 0 aliphatic rings. The lowest BCUT2D eigenvalue weighted by molar-refractivity contribution is -0.137. The fourth-order valence-electron chi connectivity index (χ4n) is 2.43. The Balaban J connectivity index is 1.58. The molecule has 1 N–H and O–H groups in total. The van der Waals surface area contributed by atoms with Crippen LogP contribution in [0.2, 0.25) is 0 Å². The summed E-state index contributed by atoms with van der Waals surface area (Å²) < 4.78 is 51.7. The zero-order valence-corrected chi connectivity index (χ0v) is 20.1. The van der Waals surface area contributed by atoms with Crippen LogP contribution in [-0.4, -0.2) is 18.7 Å². The van der Waals surface area contributed by atoms with Crippen molar-refractivity contribution in [3.63, 3.8) is 0 Å². The first kappa shape index (κ1) is 23.6. The summed E-state index contributed by atoms with van der Waals surface area (Å²) in [5.41, 5.74) is 1.79. The van der Waals surface area contributed by atoms with E-state index >= 15 is 0 Å². The molecule has 0 spiro atoms. The van der Waals surface area contributed by atoms with Crippen LogP contribution in [0.3, 0.4) is 0 Å². The van der Waals surface area contributed by atoms with Crippen molar-refractivity contribution in [1.82, 2.24) is 5.43 Å². The van der Waals surface area contributed by atoms with Gasteiger partial charge < -0.3 is 9.15 Å². The Bertz CT molecular complexity index is 1110. The predicted octanol–water partition coefficient (Wildman–Crippen LogP) is 6.78. The van der Waals surface area contributed by atoms with E-state index in [4.69, 9.17) is 9.15 Å². The van der Waals surface area contributed by atoms with Crippen molar-refractivity contribution in [3.8, 4) is 17.1 Å². The fraction of sp³-hybridized carbons (Fsp3) is 0.100. The largest absolute Gasteiger partial charge is 0.481 e. The first-order chi connectivity index (χ1) is 14.6. The number of rotatable bonds is 6. The van der Waals surface area contributed by atoms with Crippen LogP contribution in [0.25, 0.3) is 11.3 Å². The number of carbonyl (C=O) groups is 1. The summed E-state index contributed by atoms with van der Waals surface area (Å²) in [4.78, 5) is 11.9. The molecule has 2 aromatic carbocycles. The molecule has 0 radical (unpaired) electrons. The van der Waals surface area contributed by atoms with Crippen molar-refractivity contribution in [2.24, 2.45) is 5.10 Å².